The summed E-state index contributed by atoms with van der Waals surface area (Å²) in [7, 11) is 2.08. The van der Waals surface area contributed by atoms with E-state index >= 15 is 0 Å². The van der Waals surface area contributed by atoms with E-state index in [0.29, 0.717) is 0 Å². The van der Waals surface area contributed by atoms with Crippen LogP contribution < -0.4 is 5.32 Å². The molecule has 2 aliphatic carbocycles. The second-order valence-electron chi connectivity index (χ2n) is 6.28. The van der Waals surface area contributed by atoms with Crippen LogP contribution in [0, 0.1) is 18.8 Å². The molecule has 0 spiro atoms. The number of aryl methyl sites for hydroxylation is 1. The van der Waals surface area contributed by atoms with E-state index in [9.17, 15) is 0 Å². The van der Waals surface area contributed by atoms with Crippen molar-refractivity contribution < 1.29 is 0 Å². The second kappa shape index (κ2) is 4.71. The first-order valence-electron chi connectivity index (χ1n) is 7.64. The van der Waals surface area contributed by atoms with Crippen LogP contribution in [0.15, 0.2) is 29.2 Å². The Morgan fingerprint density at radius 2 is 2.10 bits per heavy atom. The van der Waals surface area contributed by atoms with Crippen molar-refractivity contribution in [2.75, 3.05) is 13.6 Å². The molecule has 2 aliphatic rings. The summed E-state index contributed by atoms with van der Waals surface area (Å²) in [4.78, 5) is 0. The van der Waals surface area contributed by atoms with Crippen molar-refractivity contribution in [3.63, 3.8) is 0 Å². The summed E-state index contributed by atoms with van der Waals surface area (Å²) in [5.41, 5.74) is 6.33. The van der Waals surface area contributed by atoms with Gasteiger partial charge in [0, 0.05) is 11.2 Å². The third-order valence-electron chi connectivity index (χ3n) is 5.13. The molecule has 0 unspecified atom stereocenters. The largest absolute Gasteiger partial charge is 0.316 e. The number of fused-ring (bicyclic) bond motifs is 3. The standard InChI is InChI=1S/C18H21NS/c1-11-10-20-18-14(11)4-3-5-15(18)17-13-7-6-12(8-13)16(17)9-19-2/h3-5,10,12-13,19H,6-9H2,1-2H3/t12-,13+/m1/s1. The van der Waals surface area contributed by atoms with Gasteiger partial charge in [0.2, 0.25) is 0 Å². The maximum atomic E-state index is 3.39. The van der Waals surface area contributed by atoms with Gasteiger partial charge in [0.1, 0.15) is 0 Å². The van der Waals surface area contributed by atoms with Gasteiger partial charge in [0.15, 0.2) is 0 Å². The highest BCUT2D eigenvalue weighted by molar-refractivity contribution is 7.17. The van der Waals surface area contributed by atoms with Crippen LogP contribution in [0.25, 0.3) is 15.7 Å². The molecule has 1 heterocycles. The number of hydrogen-bond acceptors (Lipinski definition) is 2. The van der Waals surface area contributed by atoms with Gasteiger partial charge in [-0.25, -0.2) is 0 Å². The van der Waals surface area contributed by atoms with Gasteiger partial charge in [-0.1, -0.05) is 18.2 Å². The van der Waals surface area contributed by atoms with Crippen molar-refractivity contribution >= 4 is 27.0 Å². The predicted molar refractivity (Wildman–Crippen MR) is 88.2 cm³/mol. The van der Waals surface area contributed by atoms with Crippen molar-refractivity contribution in [1.82, 2.24) is 5.32 Å². The molecule has 1 aromatic heterocycles. The van der Waals surface area contributed by atoms with Crippen LogP contribution in [0.5, 0.6) is 0 Å². The Kier molecular flexibility index (Phi) is 2.97. The van der Waals surface area contributed by atoms with E-state index in [1.165, 1.54) is 40.5 Å². The van der Waals surface area contributed by atoms with Gasteiger partial charge in [0.05, 0.1) is 0 Å². The fourth-order valence-electron chi connectivity index (χ4n) is 4.26. The normalized spacial score (nSPS) is 25.1. The lowest BCUT2D eigenvalue weighted by Crippen LogP contribution is -2.16. The number of rotatable bonds is 3. The molecule has 2 aromatic rings. The minimum absolute atomic E-state index is 0.816. The van der Waals surface area contributed by atoms with Crippen LogP contribution in [-0.4, -0.2) is 13.6 Å². The molecule has 1 aromatic carbocycles. The third kappa shape index (κ3) is 1.71. The molecule has 2 bridgehead atoms. The van der Waals surface area contributed by atoms with Gasteiger partial charge >= 0.3 is 0 Å². The Hall–Kier alpha value is -1.12. The van der Waals surface area contributed by atoms with E-state index in [2.05, 4.69) is 42.9 Å². The number of likely N-dealkylation sites (N-methyl/N-ethyl adjacent to an activating group) is 1. The summed E-state index contributed by atoms with van der Waals surface area (Å²) >= 11 is 1.92. The molecule has 0 amide bonds. The van der Waals surface area contributed by atoms with Crippen molar-refractivity contribution in [2.24, 2.45) is 11.8 Å². The maximum Gasteiger partial charge on any atom is 0.0420 e. The van der Waals surface area contributed by atoms with Crippen LogP contribution >= 0.6 is 11.3 Å². The lowest BCUT2D eigenvalue weighted by Gasteiger charge is -2.21. The summed E-state index contributed by atoms with van der Waals surface area (Å²) in [6.45, 7) is 3.30. The minimum Gasteiger partial charge on any atom is -0.316 e. The van der Waals surface area contributed by atoms with Gasteiger partial charge in [-0.05, 0) is 78.1 Å². The smallest absolute Gasteiger partial charge is 0.0420 e. The van der Waals surface area contributed by atoms with Crippen LogP contribution in [-0.2, 0) is 0 Å². The number of benzene rings is 1. The molecule has 4 rings (SSSR count). The zero-order chi connectivity index (χ0) is 13.7. The molecule has 1 fully saturated rings. The average molecular weight is 283 g/mol. The number of hydrogen-bond donors (Lipinski definition) is 1. The second-order valence-corrected chi connectivity index (χ2v) is 7.16. The first-order chi connectivity index (χ1) is 9.79. The first kappa shape index (κ1) is 12.6. The van der Waals surface area contributed by atoms with E-state index in [1.54, 1.807) is 11.1 Å². The zero-order valence-electron chi connectivity index (χ0n) is 12.2. The van der Waals surface area contributed by atoms with Gasteiger partial charge in [-0.2, -0.15) is 0 Å². The fraction of sp³-hybridized carbons (Fsp3) is 0.444. The SMILES string of the molecule is CNCC1=C(c2cccc3c(C)csc23)[C@H]2CC[C@@H]1C2. The molecule has 2 atom stereocenters. The molecular weight excluding hydrogens is 262 g/mol. The van der Waals surface area contributed by atoms with Crippen molar-refractivity contribution in [3.05, 3.63) is 40.3 Å². The highest BCUT2D eigenvalue weighted by atomic mass is 32.1. The molecule has 1 N–H and O–H groups in total. The molecule has 104 valence electrons. The monoisotopic (exact) mass is 283 g/mol. The molecule has 0 aliphatic heterocycles. The summed E-state index contributed by atoms with van der Waals surface area (Å²) in [6, 6.07) is 6.87. The topological polar surface area (TPSA) is 12.0 Å². The Balaban J connectivity index is 1.93. The number of nitrogens with one attached hydrogen (secondary N) is 1. The van der Waals surface area contributed by atoms with Crippen molar-refractivity contribution in [1.29, 1.82) is 0 Å². The Morgan fingerprint density at radius 3 is 2.95 bits per heavy atom. The average Bonchev–Trinajstić information content (AvgIpc) is 3.14. The van der Waals surface area contributed by atoms with E-state index in [-0.39, 0.29) is 0 Å². The lowest BCUT2D eigenvalue weighted by atomic mass is 9.86. The van der Waals surface area contributed by atoms with Gasteiger partial charge < -0.3 is 5.32 Å². The van der Waals surface area contributed by atoms with Gasteiger partial charge in [-0.3, -0.25) is 0 Å². The van der Waals surface area contributed by atoms with Crippen LogP contribution in [0.4, 0.5) is 0 Å². The van der Waals surface area contributed by atoms with Gasteiger partial charge in [0.25, 0.3) is 0 Å². The highest BCUT2D eigenvalue weighted by Gasteiger charge is 2.39. The predicted octanol–water partition coefficient (Wildman–Crippen LogP) is 4.61. The first-order valence-corrected chi connectivity index (χ1v) is 8.52. The van der Waals surface area contributed by atoms with Crippen LogP contribution in [0.2, 0.25) is 0 Å². The summed E-state index contributed by atoms with van der Waals surface area (Å²) in [6.07, 6.45) is 4.20. The van der Waals surface area contributed by atoms with Gasteiger partial charge in [-0.15, -0.1) is 11.3 Å². The lowest BCUT2D eigenvalue weighted by molar-refractivity contribution is 0.627. The molecule has 0 radical (unpaired) electrons. The van der Waals surface area contributed by atoms with E-state index in [4.69, 9.17) is 0 Å². The van der Waals surface area contributed by atoms with Crippen molar-refractivity contribution in [2.45, 2.75) is 26.2 Å². The van der Waals surface area contributed by atoms with Crippen molar-refractivity contribution in [3.8, 4) is 0 Å². The number of thiophene rings is 1. The summed E-state index contributed by atoms with van der Waals surface area (Å²) in [5, 5.41) is 7.15. The highest BCUT2D eigenvalue weighted by Crippen LogP contribution is 2.53. The molecule has 2 heteroatoms. The third-order valence-corrected chi connectivity index (χ3v) is 6.28. The van der Waals surface area contributed by atoms with E-state index in [0.717, 1.165) is 18.4 Å². The summed E-state index contributed by atoms with van der Waals surface area (Å²) < 4.78 is 1.50. The maximum absolute atomic E-state index is 3.39. The minimum atomic E-state index is 0.816. The Morgan fingerprint density at radius 1 is 1.25 bits per heavy atom. The Bertz CT molecular complexity index is 695. The Labute approximate surface area is 124 Å². The van der Waals surface area contributed by atoms with E-state index < -0.39 is 0 Å². The number of allylic oxidation sites excluding steroid dienone is 1. The molecule has 1 saturated carbocycles. The molecule has 1 nitrogen and oxygen atoms in total. The molecule has 0 saturated heterocycles. The van der Waals surface area contributed by atoms with Crippen LogP contribution in [0.3, 0.4) is 0 Å². The van der Waals surface area contributed by atoms with Crippen LogP contribution in [0.1, 0.15) is 30.4 Å². The molecular formula is C18H21NS. The van der Waals surface area contributed by atoms with E-state index in [1.807, 2.05) is 11.3 Å². The molecule has 20 heavy (non-hydrogen) atoms. The quantitative estimate of drug-likeness (QED) is 0.867. The zero-order valence-corrected chi connectivity index (χ0v) is 13.0. The summed E-state index contributed by atoms with van der Waals surface area (Å²) in [5.74, 6) is 1.66. The fourth-order valence-corrected chi connectivity index (χ4v) is 5.35.